The van der Waals surface area contributed by atoms with E-state index in [1.807, 2.05) is 0 Å². The van der Waals surface area contributed by atoms with E-state index in [1.165, 1.54) is 24.3 Å². The Morgan fingerprint density at radius 3 is 2.20 bits per heavy atom. The average molecular weight is 334 g/mol. The summed E-state index contributed by atoms with van der Waals surface area (Å²) >= 11 is 17.2. The number of nitrogens with zero attached hydrogens (tertiary/aromatic N) is 4. The van der Waals surface area contributed by atoms with Crippen LogP contribution in [0.5, 0.6) is 0 Å². The SMILES string of the molecule is Cc1nc(-c2ccc([N+](=O)[O-])cc2)nc(C(Cl)(Cl)Cl)n1. The van der Waals surface area contributed by atoms with Gasteiger partial charge >= 0.3 is 0 Å². The van der Waals surface area contributed by atoms with E-state index >= 15 is 0 Å². The first-order chi connectivity index (χ1) is 9.27. The number of halogens is 3. The first kappa shape index (κ1) is 14.9. The monoisotopic (exact) mass is 332 g/mol. The molecule has 0 unspecified atom stereocenters. The molecule has 0 aliphatic carbocycles. The first-order valence-corrected chi connectivity index (χ1v) is 6.45. The van der Waals surface area contributed by atoms with Crippen LogP contribution >= 0.6 is 34.8 Å². The fourth-order valence-corrected chi connectivity index (χ4v) is 1.72. The Kier molecular flexibility index (Phi) is 4.08. The molecule has 1 aromatic carbocycles. The van der Waals surface area contributed by atoms with E-state index in [0.717, 1.165) is 0 Å². The Labute approximate surface area is 128 Å². The summed E-state index contributed by atoms with van der Waals surface area (Å²) in [4.78, 5) is 22.2. The van der Waals surface area contributed by atoms with Gasteiger partial charge in [0.25, 0.3) is 5.69 Å². The van der Waals surface area contributed by atoms with Crippen molar-refractivity contribution < 1.29 is 4.92 Å². The molecule has 0 aliphatic rings. The Balaban J connectivity index is 2.47. The van der Waals surface area contributed by atoms with Crippen LogP contribution in [-0.4, -0.2) is 19.9 Å². The van der Waals surface area contributed by atoms with Gasteiger partial charge in [-0.05, 0) is 19.1 Å². The van der Waals surface area contributed by atoms with Crippen molar-refractivity contribution in [2.24, 2.45) is 0 Å². The molecule has 2 aromatic rings. The Hall–Kier alpha value is -1.50. The highest BCUT2D eigenvalue weighted by atomic mass is 35.6. The van der Waals surface area contributed by atoms with Crippen LogP contribution in [0.4, 0.5) is 5.69 Å². The molecule has 2 rings (SSSR count). The summed E-state index contributed by atoms with van der Waals surface area (Å²) in [5, 5.41) is 10.6. The summed E-state index contributed by atoms with van der Waals surface area (Å²) in [7, 11) is 0. The van der Waals surface area contributed by atoms with Crippen molar-refractivity contribution in [1.82, 2.24) is 15.0 Å². The third kappa shape index (κ3) is 3.33. The van der Waals surface area contributed by atoms with Gasteiger partial charge < -0.3 is 0 Å². The number of non-ortho nitro benzene ring substituents is 1. The predicted molar refractivity (Wildman–Crippen MR) is 75.9 cm³/mol. The molecule has 20 heavy (non-hydrogen) atoms. The lowest BCUT2D eigenvalue weighted by Gasteiger charge is -2.11. The normalized spacial score (nSPS) is 11.4. The van der Waals surface area contributed by atoms with Gasteiger partial charge in [0.1, 0.15) is 5.82 Å². The summed E-state index contributed by atoms with van der Waals surface area (Å²) in [5.74, 6) is 0.673. The molecule has 9 heteroatoms. The fourth-order valence-electron chi connectivity index (χ4n) is 1.47. The largest absolute Gasteiger partial charge is 0.269 e. The van der Waals surface area contributed by atoms with Gasteiger partial charge in [-0.3, -0.25) is 10.1 Å². The van der Waals surface area contributed by atoms with Crippen LogP contribution in [0, 0.1) is 17.0 Å². The molecule has 0 saturated heterocycles. The molecule has 1 heterocycles. The second kappa shape index (κ2) is 5.47. The Morgan fingerprint density at radius 1 is 1.10 bits per heavy atom. The standard InChI is InChI=1S/C11H7Cl3N4O2/c1-6-15-9(17-10(16-6)11(12,13)14)7-2-4-8(5-3-7)18(19)20/h2-5H,1H3. The molecule has 6 nitrogen and oxygen atoms in total. The third-order valence-corrected chi connectivity index (χ3v) is 2.84. The number of alkyl halides is 3. The van der Waals surface area contributed by atoms with E-state index in [4.69, 9.17) is 34.8 Å². The average Bonchev–Trinajstić information content (AvgIpc) is 2.37. The van der Waals surface area contributed by atoms with Crippen molar-refractivity contribution in [3.05, 3.63) is 46.0 Å². The van der Waals surface area contributed by atoms with Gasteiger partial charge in [-0.15, -0.1) is 0 Å². The van der Waals surface area contributed by atoms with Crippen LogP contribution in [-0.2, 0) is 3.79 Å². The summed E-state index contributed by atoms with van der Waals surface area (Å²) in [6.07, 6.45) is 0. The van der Waals surface area contributed by atoms with E-state index < -0.39 is 8.72 Å². The third-order valence-electron chi connectivity index (χ3n) is 2.34. The van der Waals surface area contributed by atoms with E-state index in [-0.39, 0.29) is 17.3 Å². The van der Waals surface area contributed by atoms with Crippen LogP contribution in [0.2, 0.25) is 0 Å². The lowest BCUT2D eigenvalue weighted by Crippen LogP contribution is -2.11. The van der Waals surface area contributed by atoms with Crippen molar-refractivity contribution >= 4 is 40.5 Å². The Bertz CT molecular complexity index is 656. The van der Waals surface area contributed by atoms with E-state index in [9.17, 15) is 10.1 Å². The topological polar surface area (TPSA) is 81.8 Å². The molecule has 0 amide bonds. The molecule has 0 fully saturated rings. The van der Waals surface area contributed by atoms with Gasteiger partial charge in [0.15, 0.2) is 11.6 Å². The number of aryl methyl sites for hydroxylation is 1. The van der Waals surface area contributed by atoms with E-state index in [0.29, 0.717) is 11.4 Å². The molecule has 0 atom stereocenters. The number of hydrogen-bond donors (Lipinski definition) is 0. The van der Waals surface area contributed by atoms with Gasteiger partial charge in [-0.25, -0.2) is 15.0 Å². The minimum absolute atomic E-state index is 0.00310. The van der Waals surface area contributed by atoms with Crippen molar-refractivity contribution in [3.63, 3.8) is 0 Å². The molecule has 0 N–H and O–H groups in total. The molecule has 0 aliphatic heterocycles. The zero-order valence-electron chi connectivity index (χ0n) is 10.0. The maximum Gasteiger partial charge on any atom is 0.269 e. The summed E-state index contributed by atoms with van der Waals surface area (Å²) in [6.45, 7) is 1.64. The minimum Gasteiger partial charge on any atom is -0.258 e. The number of nitro benzene ring substituents is 1. The highest BCUT2D eigenvalue weighted by Crippen LogP contribution is 2.36. The fraction of sp³-hybridized carbons (Fsp3) is 0.182. The molecule has 0 spiro atoms. The molecule has 0 saturated carbocycles. The lowest BCUT2D eigenvalue weighted by molar-refractivity contribution is -0.384. The van der Waals surface area contributed by atoms with Gasteiger partial charge in [0.2, 0.25) is 3.79 Å². The van der Waals surface area contributed by atoms with E-state index in [2.05, 4.69) is 15.0 Å². The van der Waals surface area contributed by atoms with Crippen LogP contribution in [0.25, 0.3) is 11.4 Å². The lowest BCUT2D eigenvalue weighted by atomic mass is 10.2. The molecule has 104 valence electrons. The number of aromatic nitrogens is 3. The zero-order valence-corrected chi connectivity index (χ0v) is 12.3. The second-order valence-electron chi connectivity index (χ2n) is 3.83. The highest BCUT2D eigenvalue weighted by Gasteiger charge is 2.28. The summed E-state index contributed by atoms with van der Waals surface area (Å²) in [5.41, 5.74) is 0.540. The summed E-state index contributed by atoms with van der Waals surface area (Å²) < 4.78 is -1.76. The molecule has 0 radical (unpaired) electrons. The van der Waals surface area contributed by atoms with Gasteiger partial charge in [-0.1, -0.05) is 34.8 Å². The molecule has 1 aromatic heterocycles. The van der Waals surface area contributed by atoms with Gasteiger partial charge in [-0.2, -0.15) is 0 Å². The van der Waals surface area contributed by atoms with Crippen molar-refractivity contribution in [3.8, 4) is 11.4 Å². The number of hydrogen-bond acceptors (Lipinski definition) is 5. The smallest absolute Gasteiger partial charge is 0.258 e. The minimum atomic E-state index is -1.76. The number of nitro groups is 1. The summed E-state index contributed by atoms with van der Waals surface area (Å²) in [6, 6.07) is 5.75. The molecular weight excluding hydrogens is 327 g/mol. The highest BCUT2D eigenvalue weighted by molar-refractivity contribution is 6.66. The maximum atomic E-state index is 10.6. The van der Waals surface area contributed by atoms with Crippen LogP contribution in [0.15, 0.2) is 24.3 Å². The van der Waals surface area contributed by atoms with Gasteiger partial charge in [0.05, 0.1) is 4.92 Å². The van der Waals surface area contributed by atoms with Crippen LogP contribution in [0.3, 0.4) is 0 Å². The van der Waals surface area contributed by atoms with Crippen molar-refractivity contribution in [2.75, 3.05) is 0 Å². The van der Waals surface area contributed by atoms with E-state index in [1.54, 1.807) is 6.92 Å². The Morgan fingerprint density at radius 2 is 1.70 bits per heavy atom. The quantitative estimate of drug-likeness (QED) is 0.476. The number of benzene rings is 1. The number of rotatable bonds is 2. The maximum absolute atomic E-state index is 10.6. The second-order valence-corrected chi connectivity index (χ2v) is 6.11. The molecular formula is C11H7Cl3N4O2. The van der Waals surface area contributed by atoms with Gasteiger partial charge in [0, 0.05) is 17.7 Å². The zero-order chi connectivity index (χ0) is 14.9. The first-order valence-electron chi connectivity index (χ1n) is 5.32. The molecule has 0 bridgehead atoms. The van der Waals surface area contributed by atoms with Crippen molar-refractivity contribution in [1.29, 1.82) is 0 Å². The van der Waals surface area contributed by atoms with Crippen molar-refractivity contribution in [2.45, 2.75) is 10.7 Å². The van der Waals surface area contributed by atoms with Crippen LogP contribution in [0.1, 0.15) is 11.6 Å². The predicted octanol–water partition coefficient (Wildman–Crippen LogP) is 3.58. The van der Waals surface area contributed by atoms with Crippen LogP contribution < -0.4 is 0 Å².